The molecule has 6 aromatic rings. The van der Waals surface area contributed by atoms with Crippen LogP contribution in [0.1, 0.15) is 49.8 Å². The average molecular weight is 1380 g/mol. The number of hydrogen-bond donors (Lipinski definition) is 5. The number of nitro groups is 2. The number of rotatable bonds is 5. The van der Waals surface area contributed by atoms with Crippen molar-refractivity contribution in [2.75, 3.05) is 30.0 Å². The topological polar surface area (TPSA) is 229 Å². The van der Waals surface area contributed by atoms with Gasteiger partial charge in [0, 0.05) is 97.5 Å². The Morgan fingerprint density at radius 2 is 0.970 bits per heavy atom. The zero-order valence-corrected chi connectivity index (χ0v) is 50.5. The fourth-order valence-corrected chi connectivity index (χ4v) is 8.35. The minimum Gasteiger partial charge on any atom is -0.400 e. The summed E-state index contributed by atoms with van der Waals surface area (Å²) >= 11 is 11.8. The first-order chi connectivity index (χ1) is 29.2. The van der Waals surface area contributed by atoms with Gasteiger partial charge in [0.15, 0.2) is 0 Å². The molecule has 1 saturated heterocycles. The van der Waals surface area contributed by atoms with Gasteiger partial charge < -0.3 is 90.0 Å². The van der Waals surface area contributed by atoms with E-state index in [-0.39, 0.29) is 112 Å². The molecule has 0 bridgehead atoms. The first-order valence-corrected chi connectivity index (χ1v) is 24.4. The van der Waals surface area contributed by atoms with Gasteiger partial charge in [-0.05, 0) is 125 Å². The van der Waals surface area contributed by atoms with Gasteiger partial charge >= 0.3 is 18.5 Å². The molecule has 0 unspecified atom stereocenters. The Kier molecular flexibility index (Phi) is 40.3. The number of nitrogen functional groups attached to an aromatic ring is 4. The molecule has 67 heavy (non-hydrogen) atoms. The number of benzene rings is 3. The number of nitro benzene ring substituents is 2. The van der Waals surface area contributed by atoms with Crippen molar-refractivity contribution in [3.8, 4) is 20.9 Å². The molecule has 0 spiro atoms. The Morgan fingerprint density at radius 1 is 0.612 bits per heavy atom. The van der Waals surface area contributed by atoms with Crippen molar-refractivity contribution in [2.45, 2.75) is 67.1 Å². The van der Waals surface area contributed by atoms with Crippen molar-refractivity contribution >= 4 is 141 Å². The Morgan fingerprint density at radius 3 is 1.33 bits per heavy atom. The quantitative estimate of drug-likeness (QED) is 0.0272. The second kappa shape index (κ2) is 36.3. The van der Waals surface area contributed by atoms with Gasteiger partial charge in [-0.15, -0.1) is 34.0 Å². The third kappa shape index (κ3) is 22.1. The maximum atomic E-state index is 11.0. The van der Waals surface area contributed by atoms with E-state index < -0.39 is 9.85 Å². The van der Waals surface area contributed by atoms with E-state index in [0.717, 1.165) is 27.2 Å². The molecule has 3 aromatic heterocycles. The van der Waals surface area contributed by atoms with Gasteiger partial charge in [0.25, 0.3) is 0 Å². The summed E-state index contributed by atoms with van der Waals surface area (Å²) < 4.78 is 13.5. The minimum atomic E-state index is -0.514. The van der Waals surface area contributed by atoms with Gasteiger partial charge in [-0.3, -0.25) is 30.1 Å². The van der Waals surface area contributed by atoms with Crippen molar-refractivity contribution in [3.63, 3.8) is 0 Å². The molecular formula is C44H59BBrI2N6O7S3V3-3. The number of anilines is 4. The third-order valence-electron chi connectivity index (χ3n) is 8.85. The van der Waals surface area contributed by atoms with E-state index in [1.807, 2.05) is 82.4 Å². The zero-order chi connectivity index (χ0) is 47.5. The van der Waals surface area contributed by atoms with Crippen molar-refractivity contribution < 1.29 is 79.9 Å². The van der Waals surface area contributed by atoms with Crippen molar-refractivity contribution in [3.05, 3.63) is 148 Å². The van der Waals surface area contributed by atoms with Gasteiger partial charge in [-0.2, -0.15) is 0 Å². The largest absolute Gasteiger partial charge is 0.505 e. The number of aryl methyl sites for hydroxylation is 3. The van der Waals surface area contributed by atoms with Crippen molar-refractivity contribution in [2.24, 2.45) is 0 Å². The average Bonchev–Trinajstić information content (AvgIpc) is 4.02. The molecule has 4 heterocycles. The number of aliphatic hydroxyl groups is 1. The van der Waals surface area contributed by atoms with Crippen LogP contribution in [-0.2, 0) is 65.0 Å². The van der Waals surface area contributed by atoms with Crippen LogP contribution in [0.4, 0.5) is 34.1 Å². The fraction of sp³-hybridized carbons (Fsp3) is 0.250. The molecular weight excluding hydrogens is 1320 g/mol. The summed E-state index contributed by atoms with van der Waals surface area (Å²) in [5.41, 5.74) is 25.4. The standard InChI is InChI=1S/C11H17BO2S.C11H10N2O2S.C11H12N2S.C6H5BrN2O2.2CH2I.CH4O.CH4.CH3.3V/c1-8-6-7-9(15-8)12-13-10(2,3)11(4,5)14-12;1-7-5-6-10(16-7)8-3-2-4-9(12)11(8)13(14)15;1-7-5-6-10(14-7)8-3-2-4-9(12)11(8)13;7-4-2-1-3-5(8)6(4)9(10)11;3*1-2;;;;;/h6-7H,1-5H3;2-6H,12H2,1H3;2-6H,12-13H2,1H3;1-3H,8H2;2*1H2;2H,1H3;1H4;1H3;;;/q;;;;2*-1;;;-1;;;. The van der Waals surface area contributed by atoms with Gasteiger partial charge in [-0.25, -0.2) is 0 Å². The molecule has 9 N–H and O–H groups in total. The minimum absolute atomic E-state index is 0. The molecule has 1 fully saturated rings. The second-order valence-corrected chi connectivity index (χ2v) is 18.4. The summed E-state index contributed by atoms with van der Waals surface area (Å²) in [7, 11) is 0.800. The van der Waals surface area contributed by atoms with Crippen molar-refractivity contribution in [1.82, 2.24) is 0 Å². The molecule has 0 aliphatic carbocycles. The van der Waals surface area contributed by atoms with Crippen LogP contribution in [0.25, 0.3) is 20.9 Å². The summed E-state index contributed by atoms with van der Waals surface area (Å²) in [6.07, 6.45) is 0. The Balaban J connectivity index is -0.000000241. The second-order valence-electron chi connectivity index (χ2n) is 13.6. The number of nitrogens with zero attached hydrogens (tertiary/aromatic N) is 2. The first kappa shape index (κ1) is 74.3. The number of aliphatic hydroxyl groups excluding tert-OH is 1. The normalized spacial score (nSPS) is 11.7. The van der Waals surface area contributed by atoms with E-state index in [9.17, 15) is 20.2 Å². The van der Waals surface area contributed by atoms with Crippen LogP contribution in [-0.4, -0.2) is 40.4 Å². The molecule has 3 aromatic carbocycles. The smallest absolute Gasteiger partial charge is 0.400 e. The number of para-hydroxylation sites is 3. The van der Waals surface area contributed by atoms with Gasteiger partial charge in [0.1, 0.15) is 11.4 Å². The van der Waals surface area contributed by atoms with Crippen LogP contribution < -0.4 is 27.7 Å². The molecule has 3 radical (unpaired) electrons. The predicted molar refractivity (Wildman–Crippen MR) is 299 cm³/mol. The van der Waals surface area contributed by atoms with E-state index in [1.165, 1.54) is 32.0 Å². The van der Waals surface area contributed by atoms with Gasteiger partial charge in [-0.1, -0.05) is 37.8 Å². The molecule has 0 amide bonds. The summed E-state index contributed by atoms with van der Waals surface area (Å²) in [5.74, 6) is 0. The van der Waals surface area contributed by atoms with E-state index in [2.05, 4.69) is 91.6 Å². The molecule has 7 rings (SSSR count). The molecule has 1 aliphatic heterocycles. The number of halogens is 3. The number of nitrogens with two attached hydrogens (primary N) is 4. The van der Waals surface area contributed by atoms with Crippen molar-refractivity contribution in [1.29, 1.82) is 0 Å². The van der Waals surface area contributed by atoms with Gasteiger partial charge in [0.05, 0.1) is 42.5 Å². The van der Waals surface area contributed by atoms with Crippen LogP contribution in [0.15, 0.2) is 95.5 Å². The molecule has 23 heteroatoms. The monoisotopic (exact) mass is 1380 g/mol. The maximum Gasteiger partial charge on any atom is 0.505 e. The van der Waals surface area contributed by atoms with Crippen LogP contribution in [0, 0.1) is 58.3 Å². The molecule has 13 nitrogen and oxygen atoms in total. The van der Waals surface area contributed by atoms with E-state index in [4.69, 9.17) is 37.3 Å². The molecule has 1 aliphatic rings. The molecule has 367 valence electrons. The number of thiophene rings is 3. The number of hydrogen-bond acceptors (Lipinski definition) is 14. The zero-order valence-electron chi connectivity index (χ0n) is 38.0. The summed E-state index contributed by atoms with van der Waals surface area (Å²) in [4.78, 5) is 32.5. The predicted octanol–water partition coefficient (Wildman–Crippen LogP) is 13.5. The first-order valence-electron chi connectivity index (χ1n) is 18.1. The van der Waals surface area contributed by atoms with Crippen LogP contribution >= 0.6 is 95.1 Å². The fourth-order valence-electron chi connectivity index (χ4n) is 5.18. The van der Waals surface area contributed by atoms with Gasteiger partial charge in [0.2, 0.25) is 0 Å². The maximum absolute atomic E-state index is 11.0. The summed E-state index contributed by atoms with van der Waals surface area (Å²) in [6.45, 7) is 14.4. The molecule has 0 atom stereocenters. The Labute approximate surface area is 481 Å². The van der Waals surface area contributed by atoms with E-state index >= 15 is 0 Å². The van der Waals surface area contributed by atoms with E-state index in [0.29, 0.717) is 21.4 Å². The molecule has 0 saturated carbocycles. The van der Waals surface area contributed by atoms with Crippen LogP contribution in [0.5, 0.6) is 0 Å². The van der Waals surface area contributed by atoms with Crippen LogP contribution in [0.2, 0.25) is 0 Å². The van der Waals surface area contributed by atoms with E-state index in [1.54, 1.807) is 53.0 Å². The SMILES string of the molecule is C.CO.Cc1ccc(-c2cccc(N)c2N)s1.Cc1ccc(-c2cccc(N)c2[N+](=O)[O-])s1.Cc1ccc(B2OC(C)(C)C(C)(C)O2)s1.Nc1cccc(Br)c1[N+](=O)[O-].[CH2-]I.[CH2-]I.[CH3-].[V].[V].[V]. The Bertz CT molecular complexity index is 2330. The summed E-state index contributed by atoms with van der Waals surface area (Å²) in [5, 5.41) is 28.3. The summed E-state index contributed by atoms with van der Waals surface area (Å²) in [6, 6.07) is 27.6. The Hall–Kier alpha value is -1.60. The third-order valence-corrected chi connectivity index (χ3v) is 12.6. The van der Waals surface area contributed by atoms with Crippen LogP contribution in [0.3, 0.4) is 0 Å².